The van der Waals surface area contributed by atoms with E-state index in [1.807, 2.05) is 0 Å². The van der Waals surface area contributed by atoms with Gasteiger partial charge in [0.2, 0.25) is 13.1 Å². The van der Waals surface area contributed by atoms with Crippen LogP contribution in [0.4, 0.5) is 4.79 Å². The number of benzene rings is 1. The maximum atomic E-state index is 12.7. The minimum Gasteiger partial charge on any atom is -0.454 e. The van der Waals surface area contributed by atoms with E-state index in [-0.39, 0.29) is 37.1 Å². The molecule has 2 heterocycles. The molecule has 1 aromatic carbocycles. The number of likely N-dealkylation sites (N-methyl/N-ethyl adjacent to an activating group) is 1. The molecule has 2 aliphatic rings. The van der Waals surface area contributed by atoms with Crippen LogP contribution < -0.4 is 9.47 Å². The fourth-order valence-electron chi connectivity index (χ4n) is 3.04. The summed E-state index contributed by atoms with van der Waals surface area (Å²) in [5, 5.41) is 0. The fraction of sp³-hybridized carbons (Fsp3) is 0.550. The second-order valence-corrected chi connectivity index (χ2v) is 9.63. The summed E-state index contributed by atoms with van der Waals surface area (Å²) in [5.41, 5.74) is 0.347. The molecule has 0 aromatic heterocycles. The highest BCUT2D eigenvalue weighted by atomic mass is 32.2. The molecule has 0 bridgehead atoms. The molecular weight excluding hydrogens is 446 g/mol. The number of hydrogen-bond donors (Lipinski definition) is 0. The molecule has 0 saturated carbocycles. The van der Waals surface area contributed by atoms with Crippen molar-refractivity contribution in [3.05, 3.63) is 23.8 Å². The lowest BCUT2D eigenvalue weighted by Crippen LogP contribution is -2.43. The average molecular weight is 471 g/mol. The van der Waals surface area contributed by atoms with Gasteiger partial charge in [-0.2, -0.15) is 0 Å². The first kappa shape index (κ1) is 23.8. The Labute approximate surface area is 185 Å². The SMILES string of the molecule is CC(OC(=O)CCOC1CS(=O)(=O)C1)OC(=O)N(C)C(C)C(=O)c1ccc2c(c1)OCO2. The van der Waals surface area contributed by atoms with Gasteiger partial charge >= 0.3 is 12.1 Å². The van der Waals surface area contributed by atoms with E-state index >= 15 is 0 Å². The van der Waals surface area contributed by atoms with Crippen molar-refractivity contribution in [2.45, 2.75) is 38.7 Å². The van der Waals surface area contributed by atoms with Gasteiger partial charge in [0, 0.05) is 19.5 Å². The predicted molar refractivity (Wildman–Crippen MR) is 109 cm³/mol. The van der Waals surface area contributed by atoms with E-state index in [0.717, 1.165) is 4.90 Å². The van der Waals surface area contributed by atoms with E-state index in [1.165, 1.54) is 14.0 Å². The molecule has 1 amide bonds. The highest BCUT2D eigenvalue weighted by Crippen LogP contribution is 2.33. The Hall–Kier alpha value is -2.86. The van der Waals surface area contributed by atoms with E-state index in [9.17, 15) is 22.8 Å². The summed E-state index contributed by atoms with van der Waals surface area (Å²) in [4.78, 5) is 38.0. The molecule has 0 aliphatic carbocycles. The number of carbonyl (C=O) groups excluding carboxylic acids is 3. The molecule has 11 nitrogen and oxygen atoms in total. The number of Topliss-reactive ketones (excluding diaryl/α,β-unsaturated/α-hetero) is 1. The molecule has 0 spiro atoms. The second kappa shape index (κ2) is 9.74. The number of sulfone groups is 1. The monoisotopic (exact) mass is 471 g/mol. The number of esters is 1. The summed E-state index contributed by atoms with van der Waals surface area (Å²) < 4.78 is 47.9. The summed E-state index contributed by atoms with van der Waals surface area (Å²) in [6.45, 7) is 3.00. The molecule has 2 atom stereocenters. The number of rotatable bonds is 9. The normalized spacial score (nSPS) is 18.2. The highest BCUT2D eigenvalue weighted by Gasteiger charge is 2.34. The van der Waals surface area contributed by atoms with Gasteiger partial charge in [0.15, 0.2) is 27.1 Å². The molecule has 0 radical (unpaired) electrons. The van der Waals surface area contributed by atoms with Crippen molar-refractivity contribution in [2.75, 3.05) is 32.0 Å². The van der Waals surface area contributed by atoms with Gasteiger partial charge in [-0.05, 0) is 25.1 Å². The van der Waals surface area contributed by atoms with Crippen molar-refractivity contribution in [3.8, 4) is 11.5 Å². The summed E-state index contributed by atoms with van der Waals surface area (Å²) in [7, 11) is -1.60. The van der Waals surface area contributed by atoms with Crippen LogP contribution in [-0.2, 0) is 28.8 Å². The molecule has 12 heteroatoms. The molecule has 176 valence electrons. The first-order chi connectivity index (χ1) is 15.1. The zero-order chi connectivity index (χ0) is 23.5. The maximum Gasteiger partial charge on any atom is 0.413 e. The van der Waals surface area contributed by atoms with E-state index in [4.69, 9.17) is 23.7 Å². The minimum atomic E-state index is -2.99. The second-order valence-electron chi connectivity index (χ2n) is 7.48. The van der Waals surface area contributed by atoms with Crippen LogP contribution in [0.5, 0.6) is 11.5 Å². The van der Waals surface area contributed by atoms with Crippen molar-refractivity contribution in [2.24, 2.45) is 0 Å². The number of carbonyl (C=O) groups is 3. The standard InChI is InChI=1S/C20H25NO10S/c1-12(19(23)14-4-5-16-17(8-14)29-11-28-16)21(3)20(24)31-13(2)30-18(22)6-7-27-15-9-32(25,26)10-15/h4-5,8,12-13,15H,6-7,9-11H2,1-3H3. The first-order valence-corrected chi connectivity index (χ1v) is 11.8. The third kappa shape index (κ3) is 5.88. The molecular formula is C20H25NO10S. The Morgan fingerprint density at radius 1 is 1.12 bits per heavy atom. The number of nitrogens with zero attached hydrogens (tertiary/aromatic N) is 1. The van der Waals surface area contributed by atoms with Gasteiger partial charge in [-0.1, -0.05) is 0 Å². The lowest BCUT2D eigenvalue weighted by molar-refractivity contribution is -0.167. The fourth-order valence-corrected chi connectivity index (χ4v) is 4.27. The van der Waals surface area contributed by atoms with Crippen molar-refractivity contribution in [1.29, 1.82) is 0 Å². The Morgan fingerprint density at radius 2 is 1.81 bits per heavy atom. The lowest BCUT2D eigenvalue weighted by atomic mass is 10.0. The van der Waals surface area contributed by atoms with E-state index < -0.39 is 40.3 Å². The van der Waals surface area contributed by atoms with Gasteiger partial charge in [-0.25, -0.2) is 13.2 Å². The topological polar surface area (TPSA) is 135 Å². The van der Waals surface area contributed by atoms with Gasteiger partial charge < -0.3 is 28.6 Å². The van der Waals surface area contributed by atoms with Gasteiger partial charge in [0.1, 0.15) is 0 Å². The van der Waals surface area contributed by atoms with E-state index in [2.05, 4.69) is 0 Å². The summed E-state index contributed by atoms with van der Waals surface area (Å²) in [6.07, 6.45) is -2.55. The lowest BCUT2D eigenvalue weighted by Gasteiger charge is -2.26. The van der Waals surface area contributed by atoms with Crippen LogP contribution in [0.2, 0.25) is 0 Å². The highest BCUT2D eigenvalue weighted by molar-refractivity contribution is 7.92. The Balaban J connectivity index is 1.41. The number of amides is 1. The summed E-state index contributed by atoms with van der Waals surface area (Å²) in [5.74, 6) is -0.100. The van der Waals surface area contributed by atoms with Gasteiger partial charge in [-0.3, -0.25) is 9.59 Å². The van der Waals surface area contributed by atoms with Crippen LogP contribution in [-0.4, -0.2) is 81.6 Å². The Morgan fingerprint density at radius 3 is 2.50 bits per heavy atom. The molecule has 2 unspecified atom stereocenters. The van der Waals surface area contributed by atoms with Crippen molar-refractivity contribution >= 4 is 27.7 Å². The van der Waals surface area contributed by atoms with Crippen LogP contribution in [0.25, 0.3) is 0 Å². The molecule has 1 aromatic rings. The Bertz CT molecular complexity index is 980. The molecule has 0 N–H and O–H groups in total. The predicted octanol–water partition coefficient (Wildman–Crippen LogP) is 1.15. The Kier molecular flexibility index (Phi) is 7.24. The van der Waals surface area contributed by atoms with Crippen LogP contribution >= 0.6 is 0 Å². The largest absolute Gasteiger partial charge is 0.454 e. The summed E-state index contributed by atoms with van der Waals surface area (Å²) in [6, 6.07) is 3.90. The van der Waals surface area contributed by atoms with Crippen molar-refractivity contribution < 1.29 is 46.5 Å². The number of fused-ring (bicyclic) bond motifs is 1. The molecule has 2 aliphatic heterocycles. The molecule has 1 saturated heterocycles. The van der Waals surface area contributed by atoms with E-state index in [0.29, 0.717) is 17.1 Å². The molecule has 3 rings (SSSR count). The van der Waals surface area contributed by atoms with Gasteiger partial charge in [0.05, 0.1) is 36.7 Å². The van der Waals surface area contributed by atoms with Crippen LogP contribution in [0.1, 0.15) is 30.6 Å². The molecule has 1 fully saturated rings. The third-order valence-corrected chi connectivity index (χ3v) is 6.77. The van der Waals surface area contributed by atoms with E-state index in [1.54, 1.807) is 25.1 Å². The van der Waals surface area contributed by atoms with Crippen molar-refractivity contribution in [1.82, 2.24) is 4.90 Å². The third-order valence-electron chi connectivity index (χ3n) is 5.01. The van der Waals surface area contributed by atoms with Crippen molar-refractivity contribution in [3.63, 3.8) is 0 Å². The van der Waals surface area contributed by atoms with Crippen LogP contribution in [0.15, 0.2) is 18.2 Å². The zero-order valence-corrected chi connectivity index (χ0v) is 18.8. The number of hydrogen-bond acceptors (Lipinski definition) is 10. The summed E-state index contributed by atoms with van der Waals surface area (Å²) >= 11 is 0. The molecule has 32 heavy (non-hydrogen) atoms. The number of ether oxygens (including phenoxy) is 5. The van der Waals surface area contributed by atoms with Gasteiger partial charge in [-0.15, -0.1) is 0 Å². The smallest absolute Gasteiger partial charge is 0.413 e. The average Bonchev–Trinajstić information content (AvgIpc) is 3.18. The quantitative estimate of drug-likeness (QED) is 0.293. The minimum absolute atomic E-state index is 0.000652. The first-order valence-electron chi connectivity index (χ1n) is 9.94. The number of ketones is 1. The zero-order valence-electron chi connectivity index (χ0n) is 17.9. The maximum absolute atomic E-state index is 12.7. The van der Waals surface area contributed by atoms with Gasteiger partial charge in [0.25, 0.3) is 0 Å². The van der Waals surface area contributed by atoms with Crippen LogP contribution in [0.3, 0.4) is 0 Å². The van der Waals surface area contributed by atoms with Crippen LogP contribution in [0, 0.1) is 0 Å².